The van der Waals surface area contributed by atoms with Crippen LogP contribution in [0.15, 0.2) is 56.9 Å². The molecule has 116 valence electrons. The number of furan rings is 1. The Labute approximate surface area is 132 Å². The van der Waals surface area contributed by atoms with Gasteiger partial charge in [-0.1, -0.05) is 17.8 Å². The van der Waals surface area contributed by atoms with Crippen LogP contribution in [0.25, 0.3) is 6.08 Å². The molecule has 0 saturated heterocycles. The van der Waals surface area contributed by atoms with E-state index in [1.807, 2.05) is 0 Å². The first-order valence-corrected chi connectivity index (χ1v) is 7.47. The number of hydroxylamine groups is 2. The molecular weight excluding hydrogens is 305 g/mol. The third kappa shape index (κ3) is 4.47. The molecule has 1 heterocycles. The van der Waals surface area contributed by atoms with Crippen LogP contribution in [0, 0.1) is 5.82 Å². The van der Waals surface area contributed by atoms with E-state index in [0.717, 1.165) is 4.90 Å². The van der Waals surface area contributed by atoms with Crippen LogP contribution in [0.5, 0.6) is 0 Å². The summed E-state index contributed by atoms with van der Waals surface area (Å²) in [6, 6.07) is 9.28. The van der Waals surface area contributed by atoms with Crippen molar-refractivity contribution in [1.82, 2.24) is 5.06 Å². The molecule has 22 heavy (non-hydrogen) atoms. The molecule has 0 aliphatic heterocycles. The van der Waals surface area contributed by atoms with Crippen LogP contribution in [-0.4, -0.2) is 22.2 Å². The summed E-state index contributed by atoms with van der Waals surface area (Å²) in [5, 5.41) is 10.8. The Bertz CT molecular complexity index is 666. The molecule has 0 radical (unpaired) electrons. The van der Waals surface area contributed by atoms with Crippen molar-refractivity contribution in [3.8, 4) is 0 Å². The van der Waals surface area contributed by atoms with Gasteiger partial charge in [0.2, 0.25) is 5.91 Å². The highest BCUT2D eigenvalue weighted by atomic mass is 32.2. The molecule has 0 aliphatic carbocycles. The molecule has 1 atom stereocenters. The van der Waals surface area contributed by atoms with Gasteiger partial charge in [-0.05, 0) is 49.4 Å². The molecular formula is C16H16FNO3S. The minimum atomic E-state index is -0.448. The fraction of sp³-hybridized carbons (Fsp3) is 0.188. The van der Waals surface area contributed by atoms with E-state index >= 15 is 0 Å². The van der Waals surface area contributed by atoms with Crippen LogP contribution in [0.4, 0.5) is 4.39 Å². The first-order valence-electron chi connectivity index (χ1n) is 6.66. The van der Waals surface area contributed by atoms with E-state index in [0.29, 0.717) is 15.9 Å². The quantitative estimate of drug-likeness (QED) is 0.662. The van der Waals surface area contributed by atoms with E-state index in [1.165, 1.54) is 30.8 Å². The fourth-order valence-electron chi connectivity index (χ4n) is 1.70. The molecule has 1 amide bonds. The lowest BCUT2D eigenvalue weighted by atomic mass is 10.2. The predicted octanol–water partition coefficient (Wildman–Crippen LogP) is 4.21. The van der Waals surface area contributed by atoms with E-state index < -0.39 is 11.9 Å². The largest absolute Gasteiger partial charge is 0.450 e. The Kier molecular flexibility index (Phi) is 5.41. The number of rotatable bonds is 5. The predicted molar refractivity (Wildman–Crippen MR) is 82.0 cm³/mol. The Morgan fingerprint density at radius 1 is 1.32 bits per heavy atom. The van der Waals surface area contributed by atoms with Gasteiger partial charge in [-0.3, -0.25) is 10.0 Å². The van der Waals surface area contributed by atoms with Gasteiger partial charge in [0.1, 0.15) is 11.6 Å². The van der Waals surface area contributed by atoms with Crippen molar-refractivity contribution in [1.29, 1.82) is 0 Å². The maximum absolute atomic E-state index is 12.8. The molecule has 0 bridgehead atoms. The topological polar surface area (TPSA) is 53.7 Å². The molecule has 1 N–H and O–H groups in total. The Hall–Kier alpha value is -2.05. The standard InChI is InChI=1S/C16H16FNO3S/c1-11(18(20)12(2)19)3-6-14-7-10-16(21-14)22-15-8-4-13(17)5-9-15/h3-11,20H,1-2H3/b6-3+. The number of halogens is 1. The normalized spacial score (nSPS) is 12.5. The lowest BCUT2D eigenvalue weighted by Crippen LogP contribution is -2.32. The second-order valence-corrected chi connectivity index (χ2v) is 5.75. The van der Waals surface area contributed by atoms with Crippen molar-refractivity contribution in [3.63, 3.8) is 0 Å². The first kappa shape index (κ1) is 16.3. The van der Waals surface area contributed by atoms with Gasteiger partial charge in [0, 0.05) is 11.8 Å². The number of nitrogens with zero attached hydrogens (tertiary/aromatic N) is 1. The summed E-state index contributed by atoms with van der Waals surface area (Å²) in [5.74, 6) is -0.0991. The van der Waals surface area contributed by atoms with E-state index in [2.05, 4.69) is 0 Å². The highest BCUT2D eigenvalue weighted by Crippen LogP contribution is 2.29. The van der Waals surface area contributed by atoms with E-state index in [1.54, 1.807) is 43.3 Å². The number of benzene rings is 1. The fourth-order valence-corrected chi connectivity index (χ4v) is 2.48. The summed E-state index contributed by atoms with van der Waals surface area (Å²) in [6.07, 6.45) is 3.35. The van der Waals surface area contributed by atoms with Crippen molar-refractivity contribution in [2.45, 2.75) is 29.9 Å². The summed E-state index contributed by atoms with van der Waals surface area (Å²) < 4.78 is 18.4. The van der Waals surface area contributed by atoms with Crippen LogP contribution in [0.2, 0.25) is 0 Å². The smallest absolute Gasteiger partial charge is 0.243 e. The Balaban J connectivity index is 1.99. The van der Waals surface area contributed by atoms with Gasteiger partial charge in [-0.2, -0.15) is 0 Å². The average molecular weight is 321 g/mol. The summed E-state index contributed by atoms with van der Waals surface area (Å²) in [4.78, 5) is 11.9. The maximum Gasteiger partial charge on any atom is 0.243 e. The average Bonchev–Trinajstić information content (AvgIpc) is 2.94. The van der Waals surface area contributed by atoms with Gasteiger partial charge < -0.3 is 4.42 Å². The molecule has 1 aromatic carbocycles. The molecule has 4 nitrogen and oxygen atoms in total. The number of hydrogen-bond donors (Lipinski definition) is 1. The van der Waals surface area contributed by atoms with E-state index in [-0.39, 0.29) is 5.82 Å². The molecule has 0 saturated carbocycles. The van der Waals surface area contributed by atoms with Gasteiger partial charge in [-0.25, -0.2) is 9.45 Å². The number of carbonyl (C=O) groups is 1. The number of amides is 1. The van der Waals surface area contributed by atoms with Gasteiger partial charge in [-0.15, -0.1) is 0 Å². The van der Waals surface area contributed by atoms with Crippen LogP contribution < -0.4 is 0 Å². The Morgan fingerprint density at radius 2 is 2.00 bits per heavy atom. The lowest BCUT2D eigenvalue weighted by Gasteiger charge is -2.17. The minimum Gasteiger partial charge on any atom is -0.450 e. The van der Waals surface area contributed by atoms with Crippen molar-refractivity contribution in [2.75, 3.05) is 0 Å². The third-order valence-corrected chi connectivity index (χ3v) is 3.81. The van der Waals surface area contributed by atoms with E-state index in [9.17, 15) is 14.4 Å². The molecule has 0 aliphatic rings. The monoisotopic (exact) mass is 321 g/mol. The minimum absolute atomic E-state index is 0.277. The zero-order valence-corrected chi connectivity index (χ0v) is 13.0. The first-order chi connectivity index (χ1) is 10.5. The maximum atomic E-state index is 12.8. The van der Waals surface area contributed by atoms with Crippen molar-refractivity contribution < 1.29 is 18.8 Å². The highest BCUT2D eigenvalue weighted by Gasteiger charge is 2.11. The van der Waals surface area contributed by atoms with Crippen LogP contribution in [-0.2, 0) is 4.79 Å². The molecule has 2 rings (SSSR count). The lowest BCUT2D eigenvalue weighted by molar-refractivity contribution is -0.167. The second-order valence-electron chi connectivity index (χ2n) is 4.68. The van der Waals surface area contributed by atoms with Crippen molar-refractivity contribution in [3.05, 3.63) is 54.1 Å². The molecule has 1 unspecified atom stereocenters. The third-order valence-electron chi connectivity index (χ3n) is 2.88. The number of hydrogen-bond acceptors (Lipinski definition) is 4. The van der Waals surface area contributed by atoms with Crippen molar-refractivity contribution >= 4 is 23.7 Å². The van der Waals surface area contributed by atoms with Crippen LogP contribution in [0.3, 0.4) is 0 Å². The molecule has 6 heteroatoms. The molecule has 1 aromatic heterocycles. The highest BCUT2D eigenvalue weighted by molar-refractivity contribution is 7.99. The van der Waals surface area contributed by atoms with Gasteiger partial charge in [0.05, 0.1) is 6.04 Å². The zero-order valence-electron chi connectivity index (χ0n) is 12.2. The van der Waals surface area contributed by atoms with Gasteiger partial charge >= 0.3 is 0 Å². The SMILES string of the molecule is CC(=O)N(O)C(C)/C=C/c1ccc(Sc2ccc(F)cc2)o1. The van der Waals surface area contributed by atoms with Crippen LogP contribution in [0.1, 0.15) is 19.6 Å². The summed E-state index contributed by atoms with van der Waals surface area (Å²) >= 11 is 1.38. The van der Waals surface area contributed by atoms with Gasteiger partial charge in [0.15, 0.2) is 5.09 Å². The van der Waals surface area contributed by atoms with Crippen LogP contribution >= 0.6 is 11.8 Å². The second kappa shape index (κ2) is 7.29. The summed E-state index contributed by atoms with van der Waals surface area (Å²) in [7, 11) is 0. The Morgan fingerprint density at radius 3 is 2.64 bits per heavy atom. The summed E-state index contributed by atoms with van der Waals surface area (Å²) in [6.45, 7) is 2.98. The summed E-state index contributed by atoms with van der Waals surface area (Å²) in [5.41, 5.74) is 0. The molecule has 2 aromatic rings. The zero-order chi connectivity index (χ0) is 16.1. The molecule has 0 fully saturated rings. The molecule has 0 spiro atoms. The number of carbonyl (C=O) groups excluding carboxylic acids is 1. The van der Waals surface area contributed by atoms with Crippen molar-refractivity contribution in [2.24, 2.45) is 0 Å². The van der Waals surface area contributed by atoms with Gasteiger partial charge in [0.25, 0.3) is 0 Å². The van der Waals surface area contributed by atoms with E-state index in [4.69, 9.17) is 4.42 Å².